The van der Waals surface area contributed by atoms with Crippen LogP contribution in [0.5, 0.6) is 5.75 Å². The SMILES string of the molecule is CC(C)(NNCC/C=C/CN1CC(=O)NC1=O)c1ccc(F)c(OCC2CC2)c1. The fourth-order valence-corrected chi connectivity index (χ4v) is 2.96. The summed E-state index contributed by atoms with van der Waals surface area (Å²) in [5.74, 6) is 0.269. The number of ether oxygens (including phenoxy) is 1. The Labute approximate surface area is 170 Å². The summed E-state index contributed by atoms with van der Waals surface area (Å²) in [5, 5.41) is 2.24. The van der Waals surface area contributed by atoms with E-state index in [1.54, 1.807) is 12.1 Å². The molecule has 3 amide bonds. The lowest BCUT2D eigenvalue weighted by molar-refractivity contribution is -0.118. The first-order chi connectivity index (χ1) is 13.8. The molecule has 2 fully saturated rings. The number of benzene rings is 1. The van der Waals surface area contributed by atoms with Gasteiger partial charge in [0.15, 0.2) is 11.6 Å². The second kappa shape index (κ2) is 9.37. The van der Waals surface area contributed by atoms with Crippen molar-refractivity contribution in [3.05, 3.63) is 41.7 Å². The lowest BCUT2D eigenvalue weighted by atomic mass is 9.95. The Bertz CT molecular complexity index is 777. The molecule has 0 aromatic heterocycles. The van der Waals surface area contributed by atoms with Crippen LogP contribution in [0.2, 0.25) is 0 Å². The van der Waals surface area contributed by atoms with Gasteiger partial charge in [-0.3, -0.25) is 15.5 Å². The van der Waals surface area contributed by atoms with Crippen molar-refractivity contribution < 1.29 is 18.7 Å². The number of nitrogens with one attached hydrogen (secondary N) is 3. The molecule has 1 aliphatic heterocycles. The second-order valence-corrected chi connectivity index (χ2v) is 8.07. The summed E-state index contributed by atoms with van der Waals surface area (Å²) in [6.07, 6.45) is 6.91. The van der Waals surface area contributed by atoms with Gasteiger partial charge < -0.3 is 9.64 Å². The number of amides is 3. The van der Waals surface area contributed by atoms with Crippen molar-refractivity contribution in [3.63, 3.8) is 0 Å². The zero-order valence-electron chi connectivity index (χ0n) is 17.0. The molecule has 1 heterocycles. The Hall–Kier alpha value is -2.45. The number of imide groups is 1. The molecule has 1 aromatic carbocycles. The highest BCUT2D eigenvalue weighted by atomic mass is 19.1. The molecule has 3 N–H and O–H groups in total. The van der Waals surface area contributed by atoms with Crippen LogP contribution in [0.3, 0.4) is 0 Å². The first-order valence-corrected chi connectivity index (χ1v) is 10.0. The first-order valence-electron chi connectivity index (χ1n) is 10.0. The molecule has 2 aliphatic rings. The van der Waals surface area contributed by atoms with Crippen LogP contribution in [0.15, 0.2) is 30.4 Å². The fraction of sp³-hybridized carbons (Fsp3) is 0.524. The zero-order valence-corrected chi connectivity index (χ0v) is 17.0. The summed E-state index contributed by atoms with van der Waals surface area (Å²) >= 11 is 0. The number of carbonyl (C=O) groups is 2. The van der Waals surface area contributed by atoms with E-state index in [0.717, 1.165) is 24.8 Å². The minimum atomic E-state index is -0.414. The molecule has 0 unspecified atom stereocenters. The molecule has 1 aromatic rings. The normalized spacial score (nSPS) is 17.3. The third kappa shape index (κ3) is 6.27. The van der Waals surface area contributed by atoms with Crippen LogP contribution in [0.1, 0.15) is 38.7 Å². The largest absolute Gasteiger partial charge is 0.490 e. The maximum atomic E-state index is 14.0. The van der Waals surface area contributed by atoms with Crippen molar-refractivity contribution in [2.75, 3.05) is 26.2 Å². The number of halogens is 1. The van der Waals surface area contributed by atoms with Crippen molar-refractivity contribution in [1.82, 2.24) is 21.1 Å². The summed E-state index contributed by atoms with van der Waals surface area (Å²) in [7, 11) is 0. The van der Waals surface area contributed by atoms with E-state index < -0.39 is 5.54 Å². The molecule has 29 heavy (non-hydrogen) atoms. The Kier molecular flexibility index (Phi) is 6.87. The van der Waals surface area contributed by atoms with Crippen LogP contribution in [0.4, 0.5) is 9.18 Å². The Morgan fingerprint density at radius 2 is 2.10 bits per heavy atom. The lowest BCUT2D eigenvalue weighted by Crippen LogP contribution is -2.46. The lowest BCUT2D eigenvalue weighted by Gasteiger charge is -2.28. The number of urea groups is 1. The Balaban J connectivity index is 1.40. The quantitative estimate of drug-likeness (QED) is 0.228. The smallest absolute Gasteiger partial charge is 0.324 e. The van der Waals surface area contributed by atoms with E-state index in [0.29, 0.717) is 31.4 Å². The predicted molar refractivity (Wildman–Crippen MR) is 108 cm³/mol. The maximum Gasteiger partial charge on any atom is 0.324 e. The molecular formula is C21H29FN4O3. The molecule has 7 nitrogen and oxygen atoms in total. The second-order valence-electron chi connectivity index (χ2n) is 8.07. The molecule has 1 saturated heterocycles. The van der Waals surface area contributed by atoms with E-state index in [1.165, 1.54) is 11.0 Å². The summed E-state index contributed by atoms with van der Waals surface area (Å²) in [4.78, 5) is 24.0. The number of carbonyl (C=O) groups excluding carboxylic acids is 2. The predicted octanol–water partition coefficient (Wildman–Crippen LogP) is 2.44. The van der Waals surface area contributed by atoms with Gasteiger partial charge >= 0.3 is 6.03 Å². The van der Waals surface area contributed by atoms with Gasteiger partial charge in [-0.25, -0.2) is 14.6 Å². The van der Waals surface area contributed by atoms with Gasteiger partial charge in [0.1, 0.15) is 6.54 Å². The summed E-state index contributed by atoms with van der Waals surface area (Å²) in [5.41, 5.74) is 6.96. The molecule has 8 heteroatoms. The molecular weight excluding hydrogens is 375 g/mol. The summed E-state index contributed by atoms with van der Waals surface area (Å²) in [6, 6.07) is 4.62. The molecule has 0 atom stereocenters. The van der Waals surface area contributed by atoms with Crippen LogP contribution >= 0.6 is 0 Å². The van der Waals surface area contributed by atoms with Gasteiger partial charge in [0.05, 0.1) is 12.1 Å². The van der Waals surface area contributed by atoms with Gasteiger partial charge in [0.2, 0.25) is 5.91 Å². The molecule has 158 valence electrons. The Morgan fingerprint density at radius 3 is 2.79 bits per heavy atom. The number of rotatable bonds is 11. The van der Waals surface area contributed by atoms with E-state index >= 15 is 0 Å². The van der Waals surface area contributed by atoms with E-state index in [1.807, 2.05) is 26.0 Å². The number of hydrazine groups is 1. The van der Waals surface area contributed by atoms with Crippen LogP contribution in [-0.2, 0) is 10.3 Å². The highest BCUT2D eigenvalue weighted by molar-refractivity contribution is 6.01. The summed E-state index contributed by atoms with van der Waals surface area (Å²) < 4.78 is 19.6. The molecule has 3 rings (SSSR count). The molecule has 0 bridgehead atoms. The highest BCUT2D eigenvalue weighted by Gasteiger charge is 2.25. The number of nitrogens with zero attached hydrogens (tertiary/aromatic N) is 1. The number of hydrogen-bond donors (Lipinski definition) is 3. The van der Waals surface area contributed by atoms with Gasteiger partial charge in [0.25, 0.3) is 0 Å². The van der Waals surface area contributed by atoms with E-state index in [2.05, 4.69) is 16.2 Å². The third-order valence-electron chi connectivity index (χ3n) is 5.02. The standard InChI is InChI=1S/C21H29FN4O3/c1-21(2,16-8-9-17(22)18(12-16)29-14-15-6-7-15)25-23-10-4-3-5-11-26-13-19(27)24-20(26)28/h3,5,8-9,12,15,23,25H,4,6-7,10-11,13-14H2,1-2H3,(H,24,27,28)/b5-3+. The van der Waals surface area contributed by atoms with E-state index in [4.69, 9.17) is 4.74 Å². The van der Waals surface area contributed by atoms with Gasteiger partial charge in [-0.15, -0.1) is 0 Å². The van der Waals surface area contributed by atoms with Crippen molar-refractivity contribution in [2.45, 2.75) is 38.6 Å². The molecule has 0 spiro atoms. The zero-order chi connectivity index (χ0) is 20.9. The summed E-state index contributed by atoms with van der Waals surface area (Å²) in [6.45, 7) is 5.80. The topological polar surface area (TPSA) is 82.7 Å². The van der Waals surface area contributed by atoms with Crippen molar-refractivity contribution in [3.8, 4) is 5.75 Å². The monoisotopic (exact) mass is 404 g/mol. The minimum absolute atomic E-state index is 0.112. The van der Waals surface area contributed by atoms with Gasteiger partial charge in [-0.2, -0.15) is 0 Å². The first kappa shape index (κ1) is 21.3. The van der Waals surface area contributed by atoms with Crippen LogP contribution < -0.4 is 20.9 Å². The van der Waals surface area contributed by atoms with Crippen molar-refractivity contribution >= 4 is 11.9 Å². The van der Waals surface area contributed by atoms with Gasteiger partial charge in [-0.1, -0.05) is 18.2 Å². The van der Waals surface area contributed by atoms with E-state index in [9.17, 15) is 14.0 Å². The molecule has 1 aliphatic carbocycles. The maximum absolute atomic E-state index is 14.0. The minimum Gasteiger partial charge on any atom is -0.490 e. The van der Waals surface area contributed by atoms with Crippen LogP contribution in [0, 0.1) is 11.7 Å². The van der Waals surface area contributed by atoms with Crippen LogP contribution in [-0.4, -0.2) is 43.1 Å². The highest BCUT2D eigenvalue weighted by Crippen LogP contribution is 2.31. The molecule has 0 radical (unpaired) electrons. The average molecular weight is 404 g/mol. The van der Waals surface area contributed by atoms with Crippen LogP contribution in [0.25, 0.3) is 0 Å². The van der Waals surface area contributed by atoms with Crippen molar-refractivity contribution in [2.24, 2.45) is 5.92 Å². The molecule has 1 saturated carbocycles. The average Bonchev–Trinajstić information content (AvgIpc) is 3.44. The number of hydrogen-bond acceptors (Lipinski definition) is 5. The van der Waals surface area contributed by atoms with Gasteiger partial charge in [-0.05, 0) is 56.7 Å². The van der Waals surface area contributed by atoms with E-state index in [-0.39, 0.29) is 24.3 Å². The fourth-order valence-electron chi connectivity index (χ4n) is 2.96. The Morgan fingerprint density at radius 1 is 1.31 bits per heavy atom. The van der Waals surface area contributed by atoms with Crippen molar-refractivity contribution in [1.29, 1.82) is 0 Å². The third-order valence-corrected chi connectivity index (χ3v) is 5.02. The van der Waals surface area contributed by atoms with Gasteiger partial charge in [0, 0.05) is 13.1 Å².